The lowest BCUT2D eigenvalue weighted by molar-refractivity contribution is -0.290. The van der Waals surface area contributed by atoms with Crippen LogP contribution >= 0.6 is 0 Å². The van der Waals surface area contributed by atoms with Crippen LogP contribution in [0, 0.1) is 17.8 Å². The monoisotopic (exact) mass is 320 g/mol. The summed E-state index contributed by atoms with van der Waals surface area (Å²) in [4.78, 5) is 22.6. The predicted molar refractivity (Wildman–Crippen MR) is 70.6 cm³/mol. The number of ether oxygens (including phenoxy) is 2. The van der Waals surface area contributed by atoms with Gasteiger partial charge in [-0.3, -0.25) is 4.79 Å². The lowest BCUT2D eigenvalue weighted by Crippen LogP contribution is -2.55. The Bertz CT molecular complexity index is 500. The quantitative estimate of drug-likeness (QED) is 0.590. The van der Waals surface area contributed by atoms with Crippen molar-refractivity contribution >= 4 is 11.9 Å². The second-order valence-electron chi connectivity index (χ2n) is 6.27. The number of fused-ring (bicyclic) bond motifs is 2. The fourth-order valence-corrected chi connectivity index (χ4v) is 3.81. The molecule has 0 saturated heterocycles. The van der Waals surface area contributed by atoms with Gasteiger partial charge in [0.05, 0.1) is 6.61 Å². The molecule has 0 radical (unpaired) electrons. The highest BCUT2D eigenvalue weighted by Crippen LogP contribution is 2.61. The van der Waals surface area contributed by atoms with E-state index in [9.17, 15) is 22.8 Å². The zero-order valence-electron chi connectivity index (χ0n) is 12.5. The number of rotatable bonds is 4. The molecule has 7 heteroatoms. The number of hydrogen-bond donors (Lipinski definition) is 0. The SMILES string of the molecule is C=C(C)C(=O)OCC1CC2CC1C(OC(C)=O)(C(F)(F)F)C2. The molecule has 2 aliphatic rings. The average Bonchev–Trinajstić information content (AvgIpc) is 2.91. The lowest BCUT2D eigenvalue weighted by Gasteiger charge is -2.41. The lowest BCUT2D eigenvalue weighted by atomic mass is 9.76. The van der Waals surface area contributed by atoms with Crippen LogP contribution in [0.1, 0.15) is 33.1 Å². The molecule has 2 aliphatic carbocycles. The fraction of sp³-hybridized carbons (Fsp3) is 0.733. The van der Waals surface area contributed by atoms with Crippen molar-refractivity contribution in [3.8, 4) is 0 Å². The maximum Gasteiger partial charge on any atom is 0.428 e. The molecule has 2 rings (SSSR count). The van der Waals surface area contributed by atoms with E-state index in [0.717, 1.165) is 6.92 Å². The molecule has 2 saturated carbocycles. The van der Waals surface area contributed by atoms with Gasteiger partial charge in [0.25, 0.3) is 0 Å². The van der Waals surface area contributed by atoms with Crippen LogP contribution in [0.5, 0.6) is 0 Å². The van der Waals surface area contributed by atoms with Gasteiger partial charge in [-0.15, -0.1) is 0 Å². The number of carbonyl (C=O) groups excluding carboxylic acids is 2. The Morgan fingerprint density at radius 2 is 1.91 bits per heavy atom. The van der Waals surface area contributed by atoms with E-state index in [1.165, 1.54) is 6.92 Å². The molecule has 4 nitrogen and oxygen atoms in total. The Balaban J connectivity index is 2.16. The standard InChI is InChI=1S/C15H19F3O4/c1-8(2)13(20)21-7-11-4-10-5-12(11)14(6-10,15(16,17)18)22-9(3)19/h10-12H,1,4-7H2,2-3H3. The van der Waals surface area contributed by atoms with Crippen molar-refractivity contribution in [2.75, 3.05) is 6.61 Å². The van der Waals surface area contributed by atoms with Crippen molar-refractivity contribution < 1.29 is 32.2 Å². The third-order valence-corrected chi connectivity index (χ3v) is 4.57. The zero-order chi connectivity index (χ0) is 16.7. The van der Waals surface area contributed by atoms with E-state index in [1.807, 2.05) is 0 Å². The summed E-state index contributed by atoms with van der Waals surface area (Å²) in [6, 6.07) is 0. The van der Waals surface area contributed by atoms with E-state index >= 15 is 0 Å². The highest BCUT2D eigenvalue weighted by Gasteiger charge is 2.70. The Hall–Kier alpha value is -1.53. The van der Waals surface area contributed by atoms with E-state index in [2.05, 4.69) is 6.58 Å². The topological polar surface area (TPSA) is 52.6 Å². The van der Waals surface area contributed by atoms with E-state index in [4.69, 9.17) is 9.47 Å². The van der Waals surface area contributed by atoms with Crippen molar-refractivity contribution in [2.24, 2.45) is 17.8 Å². The second kappa shape index (κ2) is 5.59. The first kappa shape index (κ1) is 16.8. The minimum atomic E-state index is -4.63. The fourth-order valence-electron chi connectivity index (χ4n) is 3.81. The summed E-state index contributed by atoms with van der Waals surface area (Å²) >= 11 is 0. The first-order chi connectivity index (χ1) is 10.1. The Kier molecular flexibility index (Phi) is 4.28. The molecule has 124 valence electrons. The van der Waals surface area contributed by atoms with Crippen molar-refractivity contribution in [1.29, 1.82) is 0 Å². The van der Waals surface area contributed by atoms with Crippen LogP contribution in [0.2, 0.25) is 0 Å². The van der Waals surface area contributed by atoms with Gasteiger partial charge in [0.2, 0.25) is 5.60 Å². The van der Waals surface area contributed by atoms with Crippen molar-refractivity contribution in [2.45, 2.75) is 44.9 Å². The number of halogens is 3. The van der Waals surface area contributed by atoms with Crippen LogP contribution in [0.15, 0.2) is 12.2 Å². The van der Waals surface area contributed by atoms with E-state index in [-0.39, 0.29) is 24.5 Å². The van der Waals surface area contributed by atoms with Crippen molar-refractivity contribution in [3.05, 3.63) is 12.2 Å². The Morgan fingerprint density at radius 1 is 1.27 bits per heavy atom. The van der Waals surface area contributed by atoms with Crippen LogP contribution in [-0.4, -0.2) is 30.3 Å². The highest BCUT2D eigenvalue weighted by atomic mass is 19.4. The van der Waals surface area contributed by atoms with Crippen LogP contribution < -0.4 is 0 Å². The third-order valence-electron chi connectivity index (χ3n) is 4.57. The molecule has 0 aromatic rings. The summed E-state index contributed by atoms with van der Waals surface area (Å²) in [6.45, 7) is 5.78. The summed E-state index contributed by atoms with van der Waals surface area (Å²) in [7, 11) is 0. The minimum Gasteiger partial charge on any atom is -0.462 e. The number of esters is 2. The summed E-state index contributed by atoms with van der Waals surface area (Å²) in [6.07, 6.45) is -3.95. The third kappa shape index (κ3) is 2.85. The average molecular weight is 320 g/mol. The molecule has 0 spiro atoms. The van der Waals surface area contributed by atoms with Crippen LogP contribution in [0.25, 0.3) is 0 Å². The molecule has 0 aliphatic heterocycles. The van der Waals surface area contributed by atoms with Gasteiger partial charge in [-0.1, -0.05) is 6.58 Å². The van der Waals surface area contributed by atoms with E-state index < -0.39 is 35.6 Å². The van der Waals surface area contributed by atoms with Gasteiger partial charge in [0.1, 0.15) is 0 Å². The van der Waals surface area contributed by atoms with Crippen LogP contribution in [0.3, 0.4) is 0 Å². The molecule has 0 amide bonds. The molecule has 0 N–H and O–H groups in total. The number of alkyl halides is 3. The second-order valence-corrected chi connectivity index (χ2v) is 6.27. The van der Waals surface area contributed by atoms with E-state index in [1.54, 1.807) is 0 Å². The highest BCUT2D eigenvalue weighted by molar-refractivity contribution is 5.86. The van der Waals surface area contributed by atoms with Gasteiger partial charge in [-0.25, -0.2) is 4.79 Å². The predicted octanol–water partition coefficient (Wildman–Crippen LogP) is 3.02. The molecular weight excluding hydrogens is 301 g/mol. The van der Waals surface area contributed by atoms with Crippen molar-refractivity contribution in [1.82, 2.24) is 0 Å². The van der Waals surface area contributed by atoms with Crippen LogP contribution in [-0.2, 0) is 19.1 Å². The maximum absolute atomic E-state index is 13.5. The minimum absolute atomic E-state index is 0.105. The first-order valence-corrected chi connectivity index (χ1v) is 7.15. The smallest absolute Gasteiger partial charge is 0.428 e. The molecule has 0 aromatic carbocycles. The van der Waals surface area contributed by atoms with Gasteiger partial charge in [0.15, 0.2) is 0 Å². The molecule has 2 fully saturated rings. The number of hydrogen-bond acceptors (Lipinski definition) is 4. The largest absolute Gasteiger partial charge is 0.462 e. The number of carbonyl (C=O) groups is 2. The van der Waals surface area contributed by atoms with Gasteiger partial charge in [0, 0.05) is 24.3 Å². The molecule has 0 aromatic heterocycles. The summed E-state index contributed by atoms with van der Waals surface area (Å²) < 4.78 is 50.4. The Labute approximate surface area is 126 Å². The van der Waals surface area contributed by atoms with Gasteiger partial charge in [-0.05, 0) is 32.1 Å². The molecule has 4 atom stereocenters. The normalized spacial score (nSPS) is 33.6. The van der Waals surface area contributed by atoms with Gasteiger partial charge in [-0.2, -0.15) is 13.2 Å². The molecule has 0 heterocycles. The molecular formula is C15H19F3O4. The molecule has 4 unspecified atom stereocenters. The summed E-state index contributed by atoms with van der Waals surface area (Å²) in [5, 5.41) is 0. The molecule has 2 bridgehead atoms. The zero-order valence-corrected chi connectivity index (χ0v) is 12.5. The first-order valence-electron chi connectivity index (χ1n) is 7.15. The molecule has 22 heavy (non-hydrogen) atoms. The summed E-state index contributed by atoms with van der Waals surface area (Å²) in [5.74, 6) is -3.04. The Morgan fingerprint density at radius 3 is 2.36 bits per heavy atom. The van der Waals surface area contributed by atoms with E-state index in [0.29, 0.717) is 12.8 Å². The van der Waals surface area contributed by atoms with Crippen molar-refractivity contribution in [3.63, 3.8) is 0 Å². The maximum atomic E-state index is 13.5. The van der Waals surface area contributed by atoms with Crippen LogP contribution in [0.4, 0.5) is 13.2 Å². The van der Waals surface area contributed by atoms with Gasteiger partial charge < -0.3 is 9.47 Å². The summed E-state index contributed by atoms with van der Waals surface area (Å²) in [5.41, 5.74) is -2.24. The van der Waals surface area contributed by atoms with Gasteiger partial charge >= 0.3 is 18.1 Å².